The fraction of sp³-hybridized carbons (Fsp3) is 0.435. The predicted molar refractivity (Wildman–Crippen MR) is 126 cm³/mol. The molecule has 0 unspecified atom stereocenters. The number of para-hydroxylation sites is 1. The molecule has 1 saturated carbocycles. The summed E-state index contributed by atoms with van der Waals surface area (Å²) in [5, 5.41) is 9.48. The number of hydrogen-bond acceptors (Lipinski definition) is 7. The van der Waals surface area contributed by atoms with Crippen LogP contribution in [0.4, 0.5) is 11.8 Å². The summed E-state index contributed by atoms with van der Waals surface area (Å²) in [6.45, 7) is 1.02. The van der Waals surface area contributed by atoms with E-state index in [9.17, 15) is 0 Å². The summed E-state index contributed by atoms with van der Waals surface area (Å²) in [6.07, 6.45) is 6.49. The zero-order valence-electron chi connectivity index (χ0n) is 17.7. The third-order valence-corrected chi connectivity index (χ3v) is 6.44. The number of aromatic nitrogens is 3. The molecule has 0 radical (unpaired) electrons. The van der Waals surface area contributed by atoms with E-state index in [-0.39, 0.29) is 0 Å². The number of hydrogen-bond donors (Lipinski definition) is 2. The predicted octanol–water partition coefficient (Wildman–Crippen LogP) is 4.20. The van der Waals surface area contributed by atoms with Crippen LogP contribution in [-0.4, -0.2) is 53.4 Å². The monoisotopic (exact) mass is 422 g/mol. The number of rotatable bonds is 8. The lowest BCUT2D eigenvalue weighted by atomic mass is 9.91. The van der Waals surface area contributed by atoms with Crippen LogP contribution >= 0.6 is 11.8 Å². The average Bonchev–Trinajstić information content (AvgIpc) is 2.78. The summed E-state index contributed by atoms with van der Waals surface area (Å²) in [4.78, 5) is 15.9. The zero-order valence-corrected chi connectivity index (χ0v) is 18.5. The molecule has 6 nitrogen and oxygen atoms in total. The van der Waals surface area contributed by atoms with Crippen LogP contribution in [0, 0.1) is 0 Å². The summed E-state index contributed by atoms with van der Waals surface area (Å²) in [6, 6.07) is 15.3. The van der Waals surface area contributed by atoms with Crippen LogP contribution < -0.4 is 15.5 Å². The third kappa shape index (κ3) is 5.40. The SMILES string of the molecule is CN(C)c1nc(N[C@H]2CC[C@@H](NCCSc3ccccn3)CC2)nc2ccccc12. The van der Waals surface area contributed by atoms with Crippen LogP contribution in [0.25, 0.3) is 10.9 Å². The normalized spacial score (nSPS) is 19.0. The van der Waals surface area contributed by atoms with Crippen LogP contribution in [0.1, 0.15) is 25.7 Å². The minimum atomic E-state index is 0.433. The van der Waals surface area contributed by atoms with Gasteiger partial charge in [-0.2, -0.15) is 4.98 Å². The summed E-state index contributed by atoms with van der Waals surface area (Å²) in [7, 11) is 4.06. The number of thioether (sulfide) groups is 1. The second-order valence-electron chi connectivity index (χ2n) is 7.95. The van der Waals surface area contributed by atoms with Gasteiger partial charge in [-0.1, -0.05) is 18.2 Å². The van der Waals surface area contributed by atoms with Gasteiger partial charge in [0, 0.05) is 50.1 Å². The van der Waals surface area contributed by atoms with Gasteiger partial charge < -0.3 is 15.5 Å². The zero-order chi connectivity index (χ0) is 20.8. The first-order valence-corrected chi connectivity index (χ1v) is 11.7. The van der Waals surface area contributed by atoms with Gasteiger partial charge in [-0.05, 0) is 49.9 Å². The minimum Gasteiger partial charge on any atom is -0.362 e. The molecule has 0 amide bonds. The van der Waals surface area contributed by atoms with E-state index in [4.69, 9.17) is 9.97 Å². The van der Waals surface area contributed by atoms with Crippen molar-refractivity contribution in [2.75, 3.05) is 36.6 Å². The van der Waals surface area contributed by atoms with Crippen LogP contribution in [0.2, 0.25) is 0 Å². The van der Waals surface area contributed by atoms with Crippen molar-refractivity contribution in [3.05, 3.63) is 48.7 Å². The van der Waals surface area contributed by atoms with Crippen molar-refractivity contribution in [2.24, 2.45) is 0 Å². The summed E-state index contributed by atoms with van der Waals surface area (Å²) >= 11 is 1.81. The molecular formula is C23H30N6S. The molecule has 7 heteroatoms. The molecule has 0 aliphatic heterocycles. The lowest BCUT2D eigenvalue weighted by molar-refractivity contribution is 0.359. The van der Waals surface area contributed by atoms with Crippen molar-refractivity contribution in [1.82, 2.24) is 20.3 Å². The van der Waals surface area contributed by atoms with Gasteiger partial charge in [-0.3, -0.25) is 0 Å². The largest absolute Gasteiger partial charge is 0.362 e. The highest BCUT2D eigenvalue weighted by atomic mass is 32.2. The minimum absolute atomic E-state index is 0.433. The number of anilines is 2. The lowest BCUT2D eigenvalue weighted by Gasteiger charge is -2.30. The van der Waals surface area contributed by atoms with Crippen molar-refractivity contribution in [3.63, 3.8) is 0 Å². The Kier molecular flexibility index (Phi) is 7.02. The van der Waals surface area contributed by atoms with E-state index in [1.807, 2.05) is 56.3 Å². The first-order valence-electron chi connectivity index (χ1n) is 10.7. The lowest BCUT2D eigenvalue weighted by Crippen LogP contribution is -2.38. The highest BCUT2D eigenvalue weighted by molar-refractivity contribution is 7.99. The maximum Gasteiger partial charge on any atom is 0.225 e. The Labute approximate surface area is 182 Å². The molecule has 2 N–H and O–H groups in total. The fourth-order valence-corrected chi connectivity index (χ4v) is 4.68. The highest BCUT2D eigenvalue weighted by Gasteiger charge is 2.22. The molecule has 1 aliphatic carbocycles. The standard InChI is InChI=1S/C23H30N6S/c1-29(2)22-19-7-3-4-8-20(19)27-23(28-22)26-18-12-10-17(11-13-18)24-15-16-30-21-9-5-6-14-25-21/h3-9,14,17-18,24H,10-13,15-16H2,1-2H3,(H,26,27,28)/t17-,18+. The van der Waals surface area contributed by atoms with Gasteiger partial charge in [0.15, 0.2) is 0 Å². The Hall–Kier alpha value is -2.38. The number of benzene rings is 1. The van der Waals surface area contributed by atoms with E-state index in [1.165, 1.54) is 12.8 Å². The summed E-state index contributed by atoms with van der Waals surface area (Å²) < 4.78 is 0. The van der Waals surface area contributed by atoms with Gasteiger partial charge in [-0.25, -0.2) is 9.97 Å². The van der Waals surface area contributed by atoms with E-state index < -0.39 is 0 Å². The number of nitrogens with one attached hydrogen (secondary N) is 2. The maximum atomic E-state index is 4.78. The molecule has 1 fully saturated rings. The van der Waals surface area contributed by atoms with E-state index in [0.29, 0.717) is 12.1 Å². The topological polar surface area (TPSA) is 66.0 Å². The van der Waals surface area contributed by atoms with Crippen LogP contribution in [0.15, 0.2) is 53.7 Å². The number of pyridine rings is 1. The molecule has 3 aromatic rings. The molecule has 1 aromatic carbocycles. The Bertz CT molecular complexity index is 941. The van der Waals surface area contributed by atoms with E-state index in [1.54, 1.807) is 0 Å². The molecule has 1 aliphatic rings. The highest BCUT2D eigenvalue weighted by Crippen LogP contribution is 2.26. The Morgan fingerprint density at radius 2 is 1.73 bits per heavy atom. The smallest absolute Gasteiger partial charge is 0.225 e. The van der Waals surface area contributed by atoms with Crippen molar-refractivity contribution < 1.29 is 0 Å². The average molecular weight is 423 g/mol. The second kappa shape index (κ2) is 10.1. The van der Waals surface area contributed by atoms with Gasteiger partial charge in [0.2, 0.25) is 5.95 Å². The van der Waals surface area contributed by atoms with Crippen LogP contribution in [-0.2, 0) is 0 Å². The molecule has 30 heavy (non-hydrogen) atoms. The van der Waals surface area contributed by atoms with Gasteiger partial charge in [0.05, 0.1) is 10.5 Å². The van der Waals surface area contributed by atoms with Gasteiger partial charge in [0.1, 0.15) is 5.82 Å². The van der Waals surface area contributed by atoms with Gasteiger partial charge in [-0.15, -0.1) is 11.8 Å². The quantitative estimate of drug-likeness (QED) is 0.417. The molecule has 0 bridgehead atoms. The first-order chi connectivity index (χ1) is 14.7. The summed E-state index contributed by atoms with van der Waals surface area (Å²) in [5.74, 6) is 2.75. The van der Waals surface area contributed by atoms with E-state index >= 15 is 0 Å². The Morgan fingerprint density at radius 3 is 2.50 bits per heavy atom. The van der Waals surface area contributed by atoms with E-state index in [0.717, 1.165) is 52.8 Å². The van der Waals surface area contributed by atoms with Crippen LogP contribution in [0.5, 0.6) is 0 Å². The first kappa shape index (κ1) is 20.9. The molecule has 0 atom stereocenters. The molecule has 0 spiro atoms. The van der Waals surface area contributed by atoms with Crippen molar-refractivity contribution >= 4 is 34.4 Å². The molecule has 158 valence electrons. The van der Waals surface area contributed by atoms with Gasteiger partial charge >= 0.3 is 0 Å². The molecule has 0 saturated heterocycles. The Morgan fingerprint density at radius 1 is 0.967 bits per heavy atom. The second-order valence-corrected chi connectivity index (χ2v) is 9.06. The van der Waals surface area contributed by atoms with Gasteiger partial charge in [0.25, 0.3) is 0 Å². The third-order valence-electron chi connectivity index (χ3n) is 5.49. The molecule has 4 rings (SSSR count). The molecular weight excluding hydrogens is 392 g/mol. The molecule has 2 aromatic heterocycles. The molecule has 2 heterocycles. The maximum absolute atomic E-state index is 4.78. The van der Waals surface area contributed by atoms with Crippen molar-refractivity contribution in [3.8, 4) is 0 Å². The summed E-state index contributed by atoms with van der Waals surface area (Å²) in [5.41, 5.74) is 0.986. The number of fused-ring (bicyclic) bond motifs is 1. The fourth-order valence-electron chi connectivity index (χ4n) is 3.94. The number of nitrogens with zero attached hydrogens (tertiary/aromatic N) is 4. The van der Waals surface area contributed by atoms with Crippen molar-refractivity contribution in [1.29, 1.82) is 0 Å². The van der Waals surface area contributed by atoms with E-state index in [2.05, 4.69) is 38.7 Å². The van der Waals surface area contributed by atoms with Crippen molar-refractivity contribution in [2.45, 2.75) is 42.8 Å². The van der Waals surface area contributed by atoms with Crippen LogP contribution in [0.3, 0.4) is 0 Å². The Balaban J connectivity index is 1.26.